The van der Waals surface area contributed by atoms with Crippen molar-refractivity contribution >= 4 is 11.8 Å². The van der Waals surface area contributed by atoms with Gasteiger partial charge in [0.2, 0.25) is 5.91 Å². The molecule has 0 aromatic carbocycles. The first-order chi connectivity index (χ1) is 9.76. The SMILES string of the molecule is Cc1ncccc1C(=O)N[C@H]1CC(=O)N(CC(F)(F)F)C1. The van der Waals surface area contributed by atoms with Crippen molar-refractivity contribution in [3.05, 3.63) is 29.6 Å². The maximum atomic E-state index is 12.3. The van der Waals surface area contributed by atoms with Gasteiger partial charge in [0.05, 0.1) is 11.6 Å². The van der Waals surface area contributed by atoms with E-state index in [9.17, 15) is 22.8 Å². The highest BCUT2D eigenvalue weighted by atomic mass is 19.4. The fourth-order valence-electron chi connectivity index (χ4n) is 2.23. The zero-order valence-electron chi connectivity index (χ0n) is 11.3. The fraction of sp³-hybridized carbons (Fsp3) is 0.462. The molecule has 5 nitrogen and oxygen atoms in total. The molecule has 1 saturated heterocycles. The maximum Gasteiger partial charge on any atom is 0.406 e. The van der Waals surface area contributed by atoms with Crippen LogP contribution in [0.3, 0.4) is 0 Å². The number of nitrogens with one attached hydrogen (secondary N) is 1. The van der Waals surface area contributed by atoms with Gasteiger partial charge in [-0.1, -0.05) is 0 Å². The molecule has 2 rings (SSSR count). The van der Waals surface area contributed by atoms with E-state index in [1.54, 1.807) is 19.1 Å². The number of aryl methyl sites for hydroxylation is 1. The van der Waals surface area contributed by atoms with Crippen LogP contribution >= 0.6 is 0 Å². The van der Waals surface area contributed by atoms with Gasteiger partial charge in [0, 0.05) is 24.9 Å². The van der Waals surface area contributed by atoms with E-state index in [0.29, 0.717) is 16.2 Å². The third-order valence-electron chi connectivity index (χ3n) is 3.17. The van der Waals surface area contributed by atoms with Gasteiger partial charge in [-0.2, -0.15) is 13.2 Å². The van der Waals surface area contributed by atoms with Gasteiger partial charge in [0.15, 0.2) is 0 Å². The number of halogens is 3. The highest BCUT2D eigenvalue weighted by Crippen LogP contribution is 2.21. The molecule has 0 saturated carbocycles. The summed E-state index contributed by atoms with van der Waals surface area (Å²) in [7, 11) is 0. The normalized spacial score (nSPS) is 19.0. The summed E-state index contributed by atoms with van der Waals surface area (Å²) in [5, 5.41) is 2.57. The molecule has 21 heavy (non-hydrogen) atoms. The number of rotatable bonds is 3. The lowest BCUT2D eigenvalue weighted by Crippen LogP contribution is -2.40. The van der Waals surface area contributed by atoms with Crippen molar-refractivity contribution in [2.45, 2.75) is 25.6 Å². The summed E-state index contributed by atoms with van der Waals surface area (Å²) in [4.78, 5) is 28.2. The summed E-state index contributed by atoms with van der Waals surface area (Å²) < 4.78 is 36.9. The molecule has 1 aliphatic rings. The summed E-state index contributed by atoms with van der Waals surface area (Å²) in [5.41, 5.74) is 0.866. The van der Waals surface area contributed by atoms with E-state index in [1.165, 1.54) is 6.20 Å². The van der Waals surface area contributed by atoms with Gasteiger partial charge < -0.3 is 10.2 Å². The second-order valence-corrected chi connectivity index (χ2v) is 4.90. The fourth-order valence-corrected chi connectivity index (χ4v) is 2.23. The van der Waals surface area contributed by atoms with Crippen molar-refractivity contribution in [1.82, 2.24) is 15.2 Å². The van der Waals surface area contributed by atoms with Gasteiger partial charge in [-0.15, -0.1) is 0 Å². The molecule has 1 fully saturated rings. The highest BCUT2D eigenvalue weighted by Gasteiger charge is 2.38. The van der Waals surface area contributed by atoms with Gasteiger partial charge in [0.1, 0.15) is 6.54 Å². The largest absolute Gasteiger partial charge is 0.406 e. The lowest BCUT2D eigenvalue weighted by Gasteiger charge is -2.18. The lowest BCUT2D eigenvalue weighted by atomic mass is 10.1. The van der Waals surface area contributed by atoms with Crippen LogP contribution in [-0.4, -0.2) is 47.0 Å². The Morgan fingerprint density at radius 2 is 2.24 bits per heavy atom. The van der Waals surface area contributed by atoms with Crippen molar-refractivity contribution in [1.29, 1.82) is 0 Å². The van der Waals surface area contributed by atoms with Crippen LogP contribution in [0.1, 0.15) is 22.5 Å². The first kappa shape index (κ1) is 15.3. The van der Waals surface area contributed by atoms with E-state index in [2.05, 4.69) is 10.3 Å². The van der Waals surface area contributed by atoms with Crippen LogP contribution in [-0.2, 0) is 4.79 Å². The zero-order chi connectivity index (χ0) is 15.6. The molecule has 0 aliphatic carbocycles. The Labute approximate surface area is 119 Å². The average Bonchev–Trinajstić information content (AvgIpc) is 2.67. The third kappa shape index (κ3) is 3.93. The van der Waals surface area contributed by atoms with Gasteiger partial charge in [-0.05, 0) is 19.1 Å². The van der Waals surface area contributed by atoms with Gasteiger partial charge in [-0.3, -0.25) is 14.6 Å². The van der Waals surface area contributed by atoms with Gasteiger partial charge in [0.25, 0.3) is 5.91 Å². The van der Waals surface area contributed by atoms with Crippen LogP contribution < -0.4 is 5.32 Å². The number of nitrogens with zero attached hydrogens (tertiary/aromatic N) is 2. The van der Waals surface area contributed by atoms with E-state index in [1.807, 2.05) is 0 Å². The number of alkyl halides is 3. The molecule has 0 radical (unpaired) electrons. The molecule has 1 atom stereocenters. The predicted octanol–water partition coefficient (Wildman–Crippen LogP) is 1.28. The number of aromatic nitrogens is 1. The van der Waals surface area contributed by atoms with Crippen molar-refractivity contribution in [2.24, 2.45) is 0 Å². The first-order valence-electron chi connectivity index (χ1n) is 6.33. The molecular formula is C13H14F3N3O2. The van der Waals surface area contributed by atoms with Crippen LogP contribution in [0.4, 0.5) is 13.2 Å². The molecule has 1 aromatic rings. The monoisotopic (exact) mass is 301 g/mol. The number of carbonyl (C=O) groups excluding carboxylic acids is 2. The smallest absolute Gasteiger partial charge is 0.347 e. The highest BCUT2D eigenvalue weighted by molar-refractivity contribution is 5.96. The van der Waals surface area contributed by atoms with Crippen molar-refractivity contribution in [3.63, 3.8) is 0 Å². The van der Waals surface area contributed by atoms with Crippen molar-refractivity contribution in [2.75, 3.05) is 13.1 Å². The molecule has 0 unspecified atom stereocenters. The summed E-state index contributed by atoms with van der Waals surface area (Å²) in [5.74, 6) is -1.05. The Balaban J connectivity index is 1.98. The number of hydrogen-bond acceptors (Lipinski definition) is 3. The predicted molar refractivity (Wildman–Crippen MR) is 67.5 cm³/mol. The third-order valence-corrected chi connectivity index (χ3v) is 3.17. The minimum Gasteiger partial charge on any atom is -0.347 e. The van der Waals surface area contributed by atoms with E-state index in [0.717, 1.165) is 0 Å². The van der Waals surface area contributed by atoms with Crippen LogP contribution in [0.25, 0.3) is 0 Å². The van der Waals surface area contributed by atoms with E-state index >= 15 is 0 Å². The second-order valence-electron chi connectivity index (χ2n) is 4.90. The minimum atomic E-state index is -4.44. The Hall–Kier alpha value is -2.12. The Bertz CT molecular complexity index is 560. The first-order valence-corrected chi connectivity index (χ1v) is 6.33. The Morgan fingerprint density at radius 3 is 2.86 bits per heavy atom. The summed E-state index contributed by atoms with van der Waals surface area (Å²) in [6, 6.07) is 2.55. The summed E-state index contributed by atoms with van der Waals surface area (Å²) >= 11 is 0. The van der Waals surface area contributed by atoms with Gasteiger partial charge in [-0.25, -0.2) is 0 Å². The number of pyridine rings is 1. The molecule has 1 aliphatic heterocycles. The molecule has 0 bridgehead atoms. The summed E-state index contributed by atoms with van der Waals surface area (Å²) in [6.45, 7) is 0.234. The number of likely N-dealkylation sites (tertiary alicyclic amines) is 1. The van der Waals surface area contributed by atoms with Crippen LogP contribution in [0.5, 0.6) is 0 Å². The molecule has 0 spiro atoms. The summed E-state index contributed by atoms with van der Waals surface area (Å²) in [6.07, 6.45) is -3.02. The Kier molecular flexibility index (Phi) is 4.15. The molecule has 2 amide bonds. The molecule has 1 aromatic heterocycles. The van der Waals surface area contributed by atoms with Crippen molar-refractivity contribution < 1.29 is 22.8 Å². The van der Waals surface area contributed by atoms with Crippen LogP contribution in [0.2, 0.25) is 0 Å². The van der Waals surface area contributed by atoms with E-state index < -0.39 is 30.6 Å². The van der Waals surface area contributed by atoms with Gasteiger partial charge >= 0.3 is 6.18 Å². The minimum absolute atomic E-state index is 0.124. The molecule has 8 heteroatoms. The quantitative estimate of drug-likeness (QED) is 0.915. The van der Waals surface area contributed by atoms with E-state index in [4.69, 9.17) is 0 Å². The number of amides is 2. The topological polar surface area (TPSA) is 62.3 Å². The lowest BCUT2D eigenvalue weighted by molar-refractivity contribution is -0.157. The number of hydrogen-bond donors (Lipinski definition) is 1. The standard InChI is InChI=1S/C13H14F3N3O2/c1-8-10(3-2-4-17-8)12(21)18-9-5-11(20)19(6-9)7-13(14,15)16/h2-4,9H,5-7H2,1H3,(H,18,21)/t9-/m0/s1. The number of carbonyl (C=O) groups is 2. The zero-order valence-corrected chi connectivity index (χ0v) is 11.3. The van der Waals surface area contributed by atoms with Crippen LogP contribution in [0.15, 0.2) is 18.3 Å². The maximum absolute atomic E-state index is 12.3. The molecule has 2 heterocycles. The second kappa shape index (κ2) is 5.71. The van der Waals surface area contributed by atoms with Crippen molar-refractivity contribution in [3.8, 4) is 0 Å². The average molecular weight is 301 g/mol. The molecule has 1 N–H and O–H groups in total. The van der Waals surface area contributed by atoms with Crippen LogP contribution in [0, 0.1) is 6.92 Å². The molecule has 114 valence electrons. The Morgan fingerprint density at radius 1 is 1.52 bits per heavy atom. The molecular weight excluding hydrogens is 287 g/mol. The van der Waals surface area contributed by atoms with E-state index in [-0.39, 0.29) is 13.0 Å².